The van der Waals surface area contributed by atoms with Crippen molar-refractivity contribution in [1.29, 1.82) is 0 Å². The number of aliphatic imine (C=N–C) groups is 1. The quantitative estimate of drug-likeness (QED) is 0.301. The van der Waals surface area contributed by atoms with Crippen molar-refractivity contribution in [3.8, 4) is 0 Å². The lowest BCUT2D eigenvalue weighted by atomic mass is 9.83. The molecule has 6 heteroatoms. The highest BCUT2D eigenvalue weighted by Crippen LogP contribution is 2.40. The fraction of sp³-hybridized carbons (Fsp3) is 0.619. The van der Waals surface area contributed by atoms with E-state index in [4.69, 9.17) is 0 Å². The number of guanidine groups is 1. The highest BCUT2D eigenvalue weighted by Gasteiger charge is 2.31. The molecule has 1 aliphatic carbocycles. The Kier molecular flexibility index (Phi) is 10.1. The van der Waals surface area contributed by atoms with Crippen molar-refractivity contribution >= 4 is 41.5 Å². The topological polar surface area (TPSA) is 65.5 Å². The second-order valence-corrected chi connectivity index (χ2v) is 7.68. The van der Waals surface area contributed by atoms with Gasteiger partial charge in [0, 0.05) is 31.7 Å². The molecule has 0 bridgehead atoms. The number of benzene rings is 1. The molecule has 1 amide bonds. The minimum atomic E-state index is -0.0166. The molecule has 152 valence electrons. The number of anilines is 1. The minimum Gasteiger partial charge on any atom is -0.356 e. The highest BCUT2D eigenvalue weighted by atomic mass is 127. The van der Waals surface area contributed by atoms with E-state index >= 15 is 0 Å². The molecule has 0 heterocycles. The Balaban J connectivity index is 0.00000364. The first-order valence-electron chi connectivity index (χ1n) is 9.82. The predicted octanol–water partition coefficient (Wildman–Crippen LogP) is 4.53. The average molecular weight is 486 g/mol. The van der Waals surface area contributed by atoms with Gasteiger partial charge in [-0.3, -0.25) is 9.79 Å². The maximum absolute atomic E-state index is 11.7. The Morgan fingerprint density at radius 2 is 1.78 bits per heavy atom. The number of amides is 1. The summed E-state index contributed by atoms with van der Waals surface area (Å²) in [4.78, 5) is 16.1. The Morgan fingerprint density at radius 3 is 2.30 bits per heavy atom. The first-order valence-corrected chi connectivity index (χ1v) is 9.82. The van der Waals surface area contributed by atoms with E-state index in [1.807, 2.05) is 45.2 Å². The van der Waals surface area contributed by atoms with Gasteiger partial charge in [0.15, 0.2) is 5.96 Å². The lowest BCUT2D eigenvalue weighted by Crippen LogP contribution is -2.42. The van der Waals surface area contributed by atoms with Crippen molar-refractivity contribution in [3.05, 3.63) is 29.8 Å². The molecule has 1 saturated carbocycles. The van der Waals surface area contributed by atoms with E-state index in [0.29, 0.717) is 12.0 Å². The molecule has 0 spiro atoms. The summed E-state index contributed by atoms with van der Waals surface area (Å²) in [5.41, 5.74) is 2.43. The van der Waals surface area contributed by atoms with Crippen LogP contribution in [0.15, 0.2) is 29.3 Å². The normalized spacial score (nSPS) is 16.0. The minimum absolute atomic E-state index is 0. The number of nitrogens with one attached hydrogen (secondary N) is 3. The van der Waals surface area contributed by atoms with E-state index in [2.05, 4.69) is 27.9 Å². The van der Waals surface area contributed by atoms with Crippen molar-refractivity contribution in [3.63, 3.8) is 0 Å². The third-order valence-corrected chi connectivity index (χ3v) is 5.47. The van der Waals surface area contributed by atoms with Gasteiger partial charge in [0.2, 0.25) is 5.91 Å². The number of carbonyl (C=O) groups excluding carboxylic acids is 1. The molecule has 1 fully saturated rings. The van der Waals surface area contributed by atoms with Crippen molar-refractivity contribution in [2.45, 2.75) is 59.4 Å². The van der Waals surface area contributed by atoms with Gasteiger partial charge in [-0.2, -0.15) is 0 Å². The zero-order valence-corrected chi connectivity index (χ0v) is 19.4. The van der Waals surface area contributed by atoms with E-state index in [0.717, 1.165) is 23.8 Å². The fourth-order valence-electron chi connectivity index (χ4n) is 3.45. The van der Waals surface area contributed by atoms with Gasteiger partial charge >= 0.3 is 0 Å². The summed E-state index contributed by atoms with van der Waals surface area (Å²) < 4.78 is 0. The summed E-state index contributed by atoms with van der Waals surface area (Å²) in [6.07, 6.45) is 6.55. The van der Waals surface area contributed by atoms with Gasteiger partial charge in [0.05, 0.1) is 0 Å². The lowest BCUT2D eigenvalue weighted by molar-refractivity contribution is -0.118. The van der Waals surface area contributed by atoms with Crippen LogP contribution < -0.4 is 16.0 Å². The van der Waals surface area contributed by atoms with Crippen LogP contribution in [0, 0.1) is 11.3 Å². The molecule has 1 aliphatic rings. The van der Waals surface area contributed by atoms with Gasteiger partial charge in [0.25, 0.3) is 0 Å². The summed E-state index contributed by atoms with van der Waals surface area (Å²) in [5.74, 6) is 0.871. The Hall–Kier alpha value is -1.31. The molecule has 0 aliphatic heterocycles. The van der Waals surface area contributed by atoms with E-state index in [1.165, 1.54) is 32.1 Å². The monoisotopic (exact) mass is 486 g/mol. The molecule has 2 rings (SSSR count). The second-order valence-electron chi connectivity index (χ2n) is 7.68. The highest BCUT2D eigenvalue weighted by molar-refractivity contribution is 14.0. The van der Waals surface area contributed by atoms with Gasteiger partial charge < -0.3 is 16.0 Å². The molecular weight excluding hydrogens is 451 g/mol. The SMILES string of the molecule is CCC1(CNC(=NC)NCc2ccc(NC(=O)C(C)C)cc2)CCCC1.I. The van der Waals surface area contributed by atoms with Gasteiger partial charge in [-0.05, 0) is 42.4 Å². The summed E-state index contributed by atoms with van der Waals surface area (Å²) in [5, 5.41) is 9.80. The number of carbonyl (C=O) groups is 1. The van der Waals surface area contributed by atoms with Gasteiger partial charge in [0.1, 0.15) is 0 Å². The van der Waals surface area contributed by atoms with E-state index in [9.17, 15) is 4.79 Å². The number of hydrogen-bond acceptors (Lipinski definition) is 2. The number of hydrogen-bond donors (Lipinski definition) is 3. The maximum Gasteiger partial charge on any atom is 0.226 e. The zero-order valence-electron chi connectivity index (χ0n) is 17.1. The molecule has 0 saturated heterocycles. The van der Waals surface area contributed by atoms with Gasteiger partial charge in [-0.1, -0.05) is 45.7 Å². The number of nitrogens with zero attached hydrogens (tertiary/aromatic N) is 1. The summed E-state index contributed by atoms with van der Waals surface area (Å²) in [7, 11) is 1.81. The molecule has 5 nitrogen and oxygen atoms in total. The Bertz CT molecular complexity index is 607. The first-order chi connectivity index (χ1) is 12.5. The van der Waals surface area contributed by atoms with Gasteiger partial charge in [-0.25, -0.2) is 0 Å². The molecule has 0 radical (unpaired) electrons. The summed E-state index contributed by atoms with van der Waals surface area (Å²) in [6, 6.07) is 7.94. The molecule has 1 aromatic rings. The third kappa shape index (κ3) is 7.31. The molecule has 1 aromatic carbocycles. The molecule has 27 heavy (non-hydrogen) atoms. The molecule has 3 N–H and O–H groups in total. The standard InChI is InChI=1S/C21H34N4O.HI/c1-5-21(12-6-7-13-21)15-24-20(22-4)23-14-17-8-10-18(11-9-17)25-19(26)16(2)3;/h8-11,16H,5-7,12-15H2,1-4H3,(H,25,26)(H2,22,23,24);1H. The van der Waals surface area contributed by atoms with Crippen molar-refractivity contribution in [2.75, 3.05) is 18.9 Å². The van der Waals surface area contributed by atoms with Crippen LogP contribution in [-0.4, -0.2) is 25.5 Å². The summed E-state index contributed by atoms with van der Waals surface area (Å²) >= 11 is 0. The average Bonchev–Trinajstić information content (AvgIpc) is 3.12. The predicted molar refractivity (Wildman–Crippen MR) is 125 cm³/mol. The van der Waals surface area contributed by atoms with Crippen LogP contribution in [0.3, 0.4) is 0 Å². The largest absolute Gasteiger partial charge is 0.356 e. The van der Waals surface area contributed by atoms with Crippen LogP contribution in [-0.2, 0) is 11.3 Å². The third-order valence-electron chi connectivity index (χ3n) is 5.47. The maximum atomic E-state index is 11.7. The van der Waals surface area contributed by atoms with Crippen molar-refractivity contribution in [1.82, 2.24) is 10.6 Å². The van der Waals surface area contributed by atoms with E-state index < -0.39 is 0 Å². The fourth-order valence-corrected chi connectivity index (χ4v) is 3.45. The second kappa shape index (κ2) is 11.5. The van der Waals surface area contributed by atoms with E-state index in [-0.39, 0.29) is 35.8 Å². The van der Waals surface area contributed by atoms with Crippen LogP contribution in [0.4, 0.5) is 5.69 Å². The van der Waals surface area contributed by atoms with E-state index in [1.54, 1.807) is 0 Å². The van der Waals surface area contributed by atoms with Crippen molar-refractivity contribution < 1.29 is 4.79 Å². The van der Waals surface area contributed by atoms with Gasteiger partial charge in [-0.15, -0.1) is 24.0 Å². The molecule has 0 atom stereocenters. The summed E-state index contributed by atoms with van der Waals surface area (Å²) in [6.45, 7) is 7.77. The van der Waals surface area contributed by atoms with Crippen LogP contribution in [0.5, 0.6) is 0 Å². The number of rotatable bonds is 7. The molecule has 0 aromatic heterocycles. The van der Waals surface area contributed by atoms with Crippen LogP contribution in [0.1, 0.15) is 58.4 Å². The smallest absolute Gasteiger partial charge is 0.226 e. The first kappa shape index (κ1) is 23.7. The Morgan fingerprint density at radius 1 is 1.15 bits per heavy atom. The zero-order chi connectivity index (χ0) is 19.0. The number of halogens is 1. The van der Waals surface area contributed by atoms with Crippen molar-refractivity contribution in [2.24, 2.45) is 16.3 Å². The van der Waals surface area contributed by atoms with Crippen LogP contribution >= 0.6 is 24.0 Å². The van der Waals surface area contributed by atoms with Crippen LogP contribution in [0.25, 0.3) is 0 Å². The molecule has 0 unspecified atom stereocenters. The Labute approximate surface area is 181 Å². The van der Waals surface area contributed by atoms with Crippen LogP contribution in [0.2, 0.25) is 0 Å². The lowest BCUT2D eigenvalue weighted by Gasteiger charge is -2.28. The molecular formula is C21H35IN4O.